The van der Waals surface area contributed by atoms with Crippen molar-refractivity contribution in [2.24, 2.45) is 0 Å². The predicted octanol–water partition coefficient (Wildman–Crippen LogP) is 2.71. The van der Waals surface area contributed by atoms with Crippen molar-refractivity contribution in [3.63, 3.8) is 0 Å². The number of hydrogen-bond donors (Lipinski definition) is 1. The zero-order valence-electron chi connectivity index (χ0n) is 9.44. The van der Waals surface area contributed by atoms with E-state index in [1.54, 1.807) is 0 Å². The molecule has 0 amide bonds. The van der Waals surface area contributed by atoms with Crippen LogP contribution in [0.4, 0.5) is 0 Å². The zero-order valence-corrected chi connectivity index (χ0v) is 9.44. The van der Waals surface area contributed by atoms with Crippen LogP contribution >= 0.6 is 0 Å². The molecule has 84 valence electrons. The van der Waals surface area contributed by atoms with Gasteiger partial charge < -0.3 is 5.11 Å². The summed E-state index contributed by atoms with van der Waals surface area (Å²) in [6.45, 7) is 2.00. The van der Waals surface area contributed by atoms with E-state index in [0.29, 0.717) is 12.0 Å². The summed E-state index contributed by atoms with van der Waals surface area (Å²) in [5.41, 5.74) is 2.52. The number of rotatable bonds is 2. The molecule has 1 atom stereocenters. The van der Waals surface area contributed by atoms with E-state index in [0.717, 1.165) is 24.0 Å². The first-order valence-electron chi connectivity index (χ1n) is 5.66. The molecule has 0 radical (unpaired) electrons. The molecule has 0 bridgehead atoms. The highest BCUT2D eigenvalue weighted by Crippen LogP contribution is 2.27. The van der Waals surface area contributed by atoms with Gasteiger partial charge in [0.05, 0.1) is 0 Å². The molecule has 1 aromatic rings. The number of benzene rings is 1. The first kappa shape index (κ1) is 11.1. The van der Waals surface area contributed by atoms with E-state index in [9.17, 15) is 9.90 Å². The normalized spacial score (nSPS) is 18.1. The molecule has 0 aromatic heterocycles. The first-order valence-corrected chi connectivity index (χ1v) is 5.66. The minimum absolute atomic E-state index is 0.0827. The lowest BCUT2D eigenvalue weighted by Gasteiger charge is -2.17. The van der Waals surface area contributed by atoms with Crippen LogP contribution in [0.1, 0.15) is 36.5 Å². The van der Waals surface area contributed by atoms with Gasteiger partial charge in [-0.15, -0.1) is 0 Å². The van der Waals surface area contributed by atoms with Gasteiger partial charge in [0.25, 0.3) is 0 Å². The van der Waals surface area contributed by atoms with E-state index >= 15 is 0 Å². The Hall–Kier alpha value is -1.41. The molecule has 0 unspecified atom stereocenters. The molecular formula is C14H16O2. The Kier molecular flexibility index (Phi) is 3.20. The highest BCUT2D eigenvalue weighted by atomic mass is 16.3. The SMILES string of the molecule is Cc1ccc([C@H](O)C2=CCCCC2=O)cc1. The standard InChI is InChI=1S/C14H16O2/c1-10-6-8-11(9-7-10)14(16)12-4-2-3-5-13(12)15/h4,6-9,14,16H,2-3,5H2,1H3/t14-/m0/s1. The molecule has 1 aliphatic rings. The highest BCUT2D eigenvalue weighted by molar-refractivity contribution is 5.97. The van der Waals surface area contributed by atoms with Crippen LogP contribution in [0, 0.1) is 6.92 Å². The van der Waals surface area contributed by atoms with Gasteiger partial charge >= 0.3 is 0 Å². The van der Waals surface area contributed by atoms with Crippen LogP contribution in [-0.2, 0) is 4.79 Å². The van der Waals surface area contributed by atoms with E-state index in [2.05, 4.69) is 0 Å². The summed E-state index contributed by atoms with van der Waals surface area (Å²) in [5.74, 6) is 0.0827. The number of hydrogen-bond acceptors (Lipinski definition) is 2. The Morgan fingerprint density at radius 3 is 2.56 bits per heavy atom. The fourth-order valence-electron chi connectivity index (χ4n) is 1.97. The van der Waals surface area contributed by atoms with Crippen molar-refractivity contribution in [3.8, 4) is 0 Å². The minimum Gasteiger partial charge on any atom is -0.384 e. The molecule has 0 fully saturated rings. The van der Waals surface area contributed by atoms with Crippen molar-refractivity contribution in [1.82, 2.24) is 0 Å². The second kappa shape index (κ2) is 4.62. The Labute approximate surface area is 95.6 Å². The van der Waals surface area contributed by atoms with E-state index in [1.807, 2.05) is 37.3 Å². The lowest BCUT2D eigenvalue weighted by molar-refractivity contribution is -0.117. The van der Waals surface area contributed by atoms with Crippen LogP contribution < -0.4 is 0 Å². The van der Waals surface area contributed by atoms with Gasteiger partial charge in [-0.1, -0.05) is 35.9 Å². The van der Waals surface area contributed by atoms with Gasteiger partial charge in [-0.05, 0) is 25.3 Å². The van der Waals surface area contributed by atoms with Crippen LogP contribution in [0.5, 0.6) is 0 Å². The number of carbonyl (C=O) groups excluding carboxylic acids is 1. The van der Waals surface area contributed by atoms with Gasteiger partial charge in [0.15, 0.2) is 5.78 Å². The fourth-order valence-corrected chi connectivity index (χ4v) is 1.97. The largest absolute Gasteiger partial charge is 0.384 e. The van der Waals surface area contributed by atoms with Gasteiger partial charge in [-0.2, -0.15) is 0 Å². The maximum Gasteiger partial charge on any atom is 0.161 e. The van der Waals surface area contributed by atoms with Crippen LogP contribution in [-0.4, -0.2) is 10.9 Å². The van der Waals surface area contributed by atoms with Crippen molar-refractivity contribution in [2.75, 3.05) is 0 Å². The van der Waals surface area contributed by atoms with Crippen molar-refractivity contribution in [2.45, 2.75) is 32.3 Å². The Balaban J connectivity index is 2.24. The lowest BCUT2D eigenvalue weighted by Crippen LogP contribution is -2.14. The van der Waals surface area contributed by atoms with E-state index in [-0.39, 0.29) is 5.78 Å². The van der Waals surface area contributed by atoms with Gasteiger partial charge in [0.1, 0.15) is 6.10 Å². The van der Waals surface area contributed by atoms with Gasteiger partial charge in [-0.3, -0.25) is 4.79 Å². The molecular weight excluding hydrogens is 200 g/mol. The van der Waals surface area contributed by atoms with Crippen molar-refractivity contribution >= 4 is 5.78 Å². The number of ketones is 1. The number of aliphatic hydroxyl groups is 1. The van der Waals surface area contributed by atoms with Crippen LogP contribution in [0.3, 0.4) is 0 Å². The van der Waals surface area contributed by atoms with E-state index in [1.165, 1.54) is 0 Å². The molecule has 0 heterocycles. The fraction of sp³-hybridized carbons (Fsp3) is 0.357. The predicted molar refractivity (Wildman–Crippen MR) is 63.1 cm³/mol. The molecule has 0 saturated heterocycles. The molecule has 1 aliphatic carbocycles. The van der Waals surface area contributed by atoms with Gasteiger partial charge in [-0.25, -0.2) is 0 Å². The number of allylic oxidation sites excluding steroid dienone is 1. The Morgan fingerprint density at radius 1 is 1.25 bits per heavy atom. The quantitative estimate of drug-likeness (QED) is 0.825. The van der Waals surface area contributed by atoms with Crippen LogP contribution in [0.2, 0.25) is 0 Å². The smallest absolute Gasteiger partial charge is 0.161 e. The van der Waals surface area contributed by atoms with Crippen LogP contribution in [0.15, 0.2) is 35.9 Å². The van der Waals surface area contributed by atoms with E-state index in [4.69, 9.17) is 0 Å². The van der Waals surface area contributed by atoms with Crippen molar-refractivity contribution < 1.29 is 9.90 Å². The Bertz CT molecular complexity index is 415. The number of Topliss-reactive ketones (excluding diaryl/α,β-unsaturated/α-hetero) is 1. The van der Waals surface area contributed by atoms with Gasteiger partial charge in [0.2, 0.25) is 0 Å². The van der Waals surface area contributed by atoms with Gasteiger partial charge in [0, 0.05) is 12.0 Å². The zero-order chi connectivity index (χ0) is 11.5. The molecule has 1 N–H and O–H groups in total. The molecule has 1 aromatic carbocycles. The average molecular weight is 216 g/mol. The van der Waals surface area contributed by atoms with Crippen molar-refractivity contribution in [3.05, 3.63) is 47.0 Å². The number of aryl methyl sites for hydroxylation is 1. The summed E-state index contributed by atoms with van der Waals surface area (Å²) < 4.78 is 0. The monoisotopic (exact) mass is 216 g/mol. The number of carbonyl (C=O) groups is 1. The van der Waals surface area contributed by atoms with E-state index < -0.39 is 6.10 Å². The average Bonchev–Trinajstić information content (AvgIpc) is 2.30. The Morgan fingerprint density at radius 2 is 1.94 bits per heavy atom. The topological polar surface area (TPSA) is 37.3 Å². The third kappa shape index (κ3) is 2.22. The molecule has 2 nitrogen and oxygen atoms in total. The molecule has 2 heteroatoms. The molecule has 0 aliphatic heterocycles. The maximum atomic E-state index is 11.6. The maximum absolute atomic E-state index is 11.6. The first-order chi connectivity index (χ1) is 7.68. The third-order valence-corrected chi connectivity index (χ3v) is 2.98. The summed E-state index contributed by atoms with van der Waals surface area (Å²) >= 11 is 0. The summed E-state index contributed by atoms with van der Waals surface area (Å²) in [6.07, 6.45) is 3.48. The molecule has 0 spiro atoms. The number of aliphatic hydroxyl groups excluding tert-OH is 1. The summed E-state index contributed by atoms with van der Waals surface area (Å²) in [4.78, 5) is 11.6. The molecule has 2 rings (SSSR count). The molecule has 16 heavy (non-hydrogen) atoms. The third-order valence-electron chi connectivity index (χ3n) is 2.98. The second-order valence-electron chi connectivity index (χ2n) is 4.29. The van der Waals surface area contributed by atoms with Crippen molar-refractivity contribution in [1.29, 1.82) is 0 Å². The minimum atomic E-state index is -0.756. The summed E-state index contributed by atoms with van der Waals surface area (Å²) in [6, 6.07) is 7.66. The molecule has 0 saturated carbocycles. The second-order valence-corrected chi connectivity index (χ2v) is 4.29. The van der Waals surface area contributed by atoms with Crippen LogP contribution in [0.25, 0.3) is 0 Å². The highest BCUT2D eigenvalue weighted by Gasteiger charge is 2.21. The summed E-state index contributed by atoms with van der Waals surface area (Å²) in [7, 11) is 0. The summed E-state index contributed by atoms with van der Waals surface area (Å²) in [5, 5.41) is 10.1. The lowest BCUT2D eigenvalue weighted by atomic mass is 9.90.